The summed E-state index contributed by atoms with van der Waals surface area (Å²) in [5.41, 5.74) is 0.996. The lowest BCUT2D eigenvalue weighted by Crippen LogP contribution is -2.37. The van der Waals surface area contributed by atoms with Gasteiger partial charge in [-0.2, -0.15) is 5.26 Å². The largest absolute Gasteiger partial charge is 0.352 e. The van der Waals surface area contributed by atoms with Crippen LogP contribution in [-0.4, -0.2) is 11.9 Å². The number of benzene rings is 1. The molecule has 2 atom stereocenters. The summed E-state index contributed by atoms with van der Waals surface area (Å²) in [7, 11) is 0. The summed E-state index contributed by atoms with van der Waals surface area (Å²) < 4.78 is 0. The van der Waals surface area contributed by atoms with Crippen LogP contribution >= 0.6 is 0 Å². The molecule has 0 bridgehead atoms. The number of nitriles is 1. The molecule has 0 aliphatic carbocycles. The highest BCUT2D eigenvalue weighted by Gasteiger charge is 2.19. The number of hydrogen-bond donors (Lipinski definition) is 1. The highest BCUT2D eigenvalue weighted by atomic mass is 16.1. The quantitative estimate of drug-likeness (QED) is 0.779. The normalized spacial score (nSPS) is 13.1. The zero-order valence-electron chi connectivity index (χ0n) is 10.6. The summed E-state index contributed by atoms with van der Waals surface area (Å²) >= 11 is 0. The average molecular weight is 242 g/mol. The standard InChI is InChI=1S/C15H18N2O/c1-3-7-12(2)17-15(18)14(11-16)10-13-8-5-4-6-9-13/h3-6,8-9,12,14H,1,7,10H2,2H3,(H,17,18). The molecule has 1 rings (SSSR count). The van der Waals surface area contributed by atoms with E-state index < -0.39 is 5.92 Å². The predicted octanol–water partition coefficient (Wildman–Crippen LogP) is 2.45. The van der Waals surface area contributed by atoms with Crippen LogP contribution in [0, 0.1) is 17.2 Å². The van der Waals surface area contributed by atoms with Crippen molar-refractivity contribution in [3.8, 4) is 6.07 Å². The SMILES string of the molecule is C=CCC(C)NC(=O)C(C#N)Cc1ccccc1. The molecular weight excluding hydrogens is 224 g/mol. The molecule has 3 heteroatoms. The van der Waals surface area contributed by atoms with Crippen LogP contribution in [0.1, 0.15) is 18.9 Å². The Balaban J connectivity index is 2.59. The number of nitrogens with zero attached hydrogens (tertiary/aromatic N) is 1. The molecule has 3 nitrogen and oxygen atoms in total. The second kappa shape index (κ2) is 7.29. The van der Waals surface area contributed by atoms with Crippen molar-refractivity contribution in [2.45, 2.75) is 25.8 Å². The Kier molecular flexibility index (Phi) is 5.66. The second-order valence-corrected chi connectivity index (χ2v) is 4.31. The molecule has 94 valence electrons. The first kappa shape index (κ1) is 14.0. The van der Waals surface area contributed by atoms with Crippen molar-refractivity contribution >= 4 is 5.91 Å². The first-order valence-electron chi connectivity index (χ1n) is 6.02. The van der Waals surface area contributed by atoms with Crippen molar-refractivity contribution in [3.63, 3.8) is 0 Å². The van der Waals surface area contributed by atoms with Gasteiger partial charge in [-0.25, -0.2) is 0 Å². The minimum absolute atomic E-state index is 0.0154. The Hall–Kier alpha value is -2.08. The van der Waals surface area contributed by atoms with Gasteiger partial charge in [-0.15, -0.1) is 6.58 Å². The van der Waals surface area contributed by atoms with Crippen LogP contribution in [0.25, 0.3) is 0 Å². The van der Waals surface area contributed by atoms with Crippen molar-refractivity contribution in [2.24, 2.45) is 5.92 Å². The van der Waals surface area contributed by atoms with Gasteiger partial charge in [0.1, 0.15) is 5.92 Å². The van der Waals surface area contributed by atoms with Gasteiger partial charge in [-0.3, -0.25) is 4.79 Å². The van der Waals surface area contributed by atoms with Gasteiger partial charge in [0.2, 0.25) is 5.91 Å². The molecular formula is C15H18N2O. The molecule has 0 aliphatic heterocycles. The fourth-order valence-corrected chi connectivity index (χ4v) is 1.70. The molecule has 0 aromatic heterocycles. The maximum atomic E-state index is 11.9. The number of nitrogens with one attached hydrogen (secondary N) is 1. The summed E-state index contributed by atoms with van der Waals surface area (Å²) in [6, 6.07) is 11.6. The van der Waals surface area contributed by atoms with Gasteiger partial charge in [-0.05, 0) is 25.3 Å². The van der Waals surface area contributed by atoms with Gasteiger partial charge in [0.15, 0.2) is 0 Å². The van der Waals surface area contributed by atoms with Crippen molar-refractivity contribution in [1.29, 1.82) is 5.26 Å². The number of rotatable bonds is 6. The number of carbonyl (C=O) groups is 1. The summed E-state index contributed by atoms with van der Waals surface area (Å²) in [5.74, 6) is -0.852. The minimum Gasteiger partial charge on any atom is -0.352 e. The van der Waals surface area contributed by atoms with Crippen LogP contribution in [0.5, 0.6) is 0 Å². The summed E-state index contributed by atoms with van der Waals surface area (Å²) in [6.07, 6.45) is 2.91. The fraction of sp³-hybridized carbons (Fsp3) is 0.333. The van der Waals surface area contributed by atoms with E-state index in [2.05, 4.69) is 18.0 Å². The van der Waals surface area contributed by atoms with Gasteiger partial charge < -0.3 is 5.32 Å². The van der Waals surface area contributed by atoms with E-state index in [1.54, 1.807) is 6.08 Å². The van der Waals surface area contributed by atoms with Crippen molar-refractivity contribution in [1.82, 2.24) is 5.32 Å². The van der Waals surface area contributed by atoms with Gasteiger partial charge in [0.05, 0.1) is 6.07 Å². The molecule has 2 unspecified atom stereocenters. The van der Waals surface area contributed by atoms with Crippen molar-refractivity contribution in [2.75, 3.05) is 0 Å². The summed E-state index contributed by atoms with van der Waals surface area (Å²) in [5, 5.41) is 11.9. The summed E-state index contributed by atoms with van der Waals surface area (Å²) in [4.78, 5) is 11.9. The van der Waals surface area contributed by atoms with Crippen LogP contribution in [-0.2, 0) is 11.2 Å². The monoisotopic (exact) mass is 242 g/mol. The van der Waals surface area contributed by atoms with Crippen molar-refractivity contribution < 1.29 is 4.79 Å². The third kappa shape index (κ3) is 4.42. The Morgan fingerprint density at radius 2 is 2.17 bits per heavy atom. The smallest absolute Gasteiger partial charge is 0.237 e. The number of hydrogen-bond acceptors (Lipinski definition) is 2. The maximum absolute atomic E-state index is 11.9. The van der Waals surface area contributed by atoms with E-state index in [9.17, 15) is 4.79 Å². The predicted molar refractivity (Wildman–Crippen MR) is 71.7 cm³/mol. The molecule has 1 aromatic rings. The van der Waals surface area contributed by atoms with E-state index in [4.69, 9.17) is 5.26 Å². The molecule has 1 N–H and O–H groups in total. The van der Waals surface area contributed by atoms with Crippen LogP contribution in [0.4, 0.5) is 0 Å². The zero-order chi connectivity index (χ0) is 13.4. The maximum Gasteiger partial charge on any atom is 0.237 e. The van der Waals surface area contributed by atoms with E-state index in [0.717, 1.165) is 5.56 Å². The van der Waals surface area contributed by atoms with Gasteiger partial charge in [-0.1, -0.05) is 36.4 Å². The van der Waals surface area contributed by atoms with E-state index >= 15 is 0 Å². The fourth-order valence-electron chi connectivity index (χ4n) is 1.70. The first-order valence-corrected chi connectivity index (χ1v) is 6.02. The molecule has 0 saturated heterocycles. The molecule has 0 spiro atoms. The Labute approximate surface area is 108 Å². The Morgan fingerprint density at radius 1 is 1.50 bits per heavy atom. The zero-order valence-corrected chi connectivity index (χ0v) is 10.6. The second-order valence-electron chi connectivity index (χ2n) is 4.31. The van der Waals surface area contributed by atoms with E-state index in [1.807, 2.05) is 37.3 Å². The number of carbonyl (C=O) groups excluding carboxylic acids is 1. The Morgan fingerprint density at radius 3 is 2.72 bits per heavy atom. The number of amides is 1. The Bertz CT molecular complexity index is 434. The highest BCUT2D eigenvalue weighted by molar-refractivity contribution is 5.81. The van der Waals surface area contributed by atoms with Crippen molar-refractivity contribution in [3.05, 3.63) is 48.6 Å². The van der Waals surface area contributed by atoms with Gasteiger partial charge in [0.25, 0.3) is 0 Å². The first-order chi connectivity index (χ1) is 8.67. The molecule has 1 aromatic carbocycles. The van der Waals surface area contributed by atoms with Crippen LogP contribution in [0.2, 0.25) is 0 Å². The molecule has 0 heterocycles. The molecule has 18 heavy (non-hydrogen) atoms. The van der Waals surface area contributed by atoms with Gasteiger partial charge >= 0.3 is 0 Å². The minimum atomic E-state index is -0.639. The van der Waals surface area contributed by atoms with E-state index in [-0.39, 0.29) is 11.9 Å². The lowest BCUT2D eigenvalue weighted by Gasteiger charge is -2.15. The lowest BCUT2D eigenvalue weighted by atomic mass is 9.99. The molecule has 0 saturated carbocycles. The highest BCUT2D eigenvalue weighted by Crippen LogP contribution is 2.08. The lowest BCUT2D eigenvalue weighted by molar-refractivity contribution is -0.123. The van der Waals surface area contributed by atoms with E-state index in [0.29, 0.717) is 12.8 Å². The third-order valence-corrected chi connectivity index (χ3v) is 2.66. The summed E-state index contributed by atoms with van der Waals surface area (Å²) in [6.45, 7) is 5.52. The van der Waals surface area contributed by atoms with Crippen LogP contribution in [0.15, 0.2) is 43.0 Å². The van der Waals surface area contributed by atoms with Crippen LogP contribution < -0.4 is 5.32 Å². The molecule has 1 amide bonds. The molecule has 0 radical (unpaired) electrons. The molecule has 0 aliphatic rings. The van der Waals surface area contributed by atoms with Crippen LogP contribution in [0.3, 0.4) is 0 Å². The molecule has 0 fully saturated rings. The average Bonchev–Trinajstić information content (AvgIpc) is 2.37. The van der Waals surface area contributed by atoms with Gasteiger partial charge in [0, 0.05) is 6.04 Å². The van der Waals surface area contributed by atoms with E-state index in [1.165, 1.54) is 0 Å². The topological polar surface area (TPSA) is 52.9 Å². The third-order valence-electron chi connectivity index (χ3n) is 2.66.